The Labute approximate surface area is 85.6 Å². The van der Waals surface area contributed by atoms with Crippen molar-refractivity contribution in [3.63, 3.8) is 0 Å². The molecule has 0 saturated carbocycles. The fourth-order valence-corrected chi connectivity index (χ4v) is 1.09. The predicted octanol–water partition coefficient (Wildman–Crippen LogP) is -1.82. The molecule has 0 fully saturated rings. The number of hydrogen-bond donors (Lipinski definition) is 3. The normalized spacial score (nSPS) is 10.8. The van der Waals surface area contributed by atoms with Crippen molar-refractivity contribution in [1.29, 1.82) is 0 Å². The summed E-state index contributed by atoms with van der Waals surface area (Å²) in [6.07, 6.45) is 4.12. The number of aromatic amines is 1. The molecule has 0 unspecified atom stereocenters. The summed E-state index contributed by atoms with van der Waals surface area (Å²) < 4.78 is 1.27. The number of nitrogens with one attached hydrogen (secondary N) is 1. The molecule has 0 spiro atoms. The Morgan fingerprint density at radius 3 is 2.87 bits per heavy atom. The second-order valence-electron chi connectivity index (χ2n) is 3.04. The minimum Gasteiger partial charge on any atom is -0.403 e. The number of aromatic nitrogens is 2. The molecule has 1 rings (SSSR count). The van der Waals surface area contributed by atoms with Gasteiger partial charge in [-0.15, -0.1) is 0 Å². The Balaban J connectivity index is 3.01. The van der Waals surface area contributed by atoms with E-state index in [1.807, 2.05) is 0 Å². The van der Waals surface area contributed by atoms with Crippen LogP contribution in [0.4, 0.5) is 0 Å². The van der Waals surface area contributed by atoms with Gasteiger partial charge in [-0.25, -0.2) is 10.6 Å². The molecule has 1 heterocycles. The van der Waals surface area contributed by atoms with Gasteiger partial charge in [-0.05, 0) is 0 Å². The highest BCUT2D eigenvalue weighted by atomic mass is 16.2. The summed E-state index contributed by atoms with van der Waals surface area (Å²) in [7, 11) is 1.54. The Hall–Kier alpha value is -2.02. The molecule has 0 bridgehead atoms. The van der Waals surface area contributed by atoms with Crippen LogP contribution in [0.25, 0.3) is 0 Å². The van der Waals surface area contributed by atoms with Crippen molar-refractivity contribution in [1.82, 2.24) is 14.6 Å². The fourth-order valence-electron chi connectivity index (χ4n) is 1.09. The van der Waals surface area contributed by atoms with Gasteiger partial charge in [0.25, 0.3) is 5.56 Å². The molecule has 1 aromatic rings. The second-order valence-corrected chi connectivity index (χ2v) is 3.04. The number of hydrazine groups is 1. The summed E-state index contributed by atoms with van der Waals surface area (Å²) in [4.78, 5) is 24.5. The summed E-state index contributed by atoms with van der Waals surface area (Å²) in [6.45, 7) is 0.178. The molecule has 0 aliphatic carbocycles. The molecule has 1 aromatic heterocycles. The van der Waals surface area contributed by atoms with Crippen LogP contribution in [0.2, 0.25) is 0 Å². The third-order valence-corrected chi connectivity index (χ3v) is 1.81. The van der Waals surface area contributed by atoms with E-state index in [-0.39, 0.29) is 6.54 Å². The predicted molar refractivity (Wildman–Crippen MR) is 55.4 cm³/mol. The maximum atomic E-state index is 11.3. The molecule has 0 aromatic carbocycles. The average molecular weight is 211 g/mol. The largest absolute Gasteiger partial charge is 0.403 e. The summed E-state index contributed by atoms with van der Waals surface area (Å²) >= 11 is 0. The highest BCUT2D eigenvalue weighted by Crippen LogP contribution is 1.92. The quantitative estimate of drug-likeness (QED) is 0.403. The summed E-state index contributed by atoms with van der Waals surface area (Å²) in [5.74, 6) is 5.50. The lowest BCUT2D eigenvalue weighted by molar-refractivity contribution is 0.382. The monoisotopic (exact) mass is 211 g/mol. The van der Waals surface area contributed by atoms with Gasteiger partial charge < -0.3 is 15.3 Å². The van der Waals surface area contributed by atoms with Gasteiger partial charge in [-0.1, -0.05) is 0 Å². The van der Waals surface area contributed by atoms with E-state index < -0.39 is 11.2 Å². The molecule has 5 N–H and O–H groups in total. The van der Waals surface area contributed by atoms with E-state index in [9.17, 15) is 9.59 Å². The lowest BCUT2D eigenvalue weighted by atomic mass is 10.3. The molecular weight excluding hydrogens is 198 g/mol. The van der Waals surface area contributed by atoms with Gasteiger partial charge in [0.15, 0.2) is 0 Å². The molecule has 0 amide bonds. The van der Waals surface area contributed by atoms with Crippen LogP contribution in [0.5, 0.6) is 0 Å². The van der Waals surface area contributed by atoms with Gasteiger partial charge >= 0.3 is 5.69 Å². The van der Waals surface area contributed by atoms with Crippen LogP contribution in [-0.2, 0) is 13.6 Å². The molecule has 7 nitrogen and oxygen atoms in total. The van der Waals surface area contributed by atoms with Crippen molar-refractivity contribution in [3.05, 3.63) is 45.0 Å². The van der Waals surface area contributed by atoms with E-state index in [0.717, 1.165) is 0 Å². The SMILES string of the molecule is Cn1cc(CN(N)/C=C\N)c(=O)[nH]c1=O. The first-order valence-electron chi connectivity index (χ1n) is 4.23. The Morgan fingerprint density at radius 2 is 2.27 bits per heavy atom. The third-order valence-electron chi connectivity index (χ3n) is 1.81. The van der Waals surface area contributed by atoms with Gasteiger partial charge in [0.2, 0.25) is 0 Å². The summed E-state index contributed by atoms with van der Waals surface area (Å²) in [5.41, 5.74) is 4.62. The lowest BCUT2D eigenvalue weighted by Gasteiger charge is -2.12. The summed E-state index contributed by atoms with van der Waals surface area (Å²) in [6, 6.07) is 0. The smallest absolute Gasteiger partial charge is 0.328 e. The van der Waals surface area contributed by atoms with Crippen molar-refractivity contribution in [3.8, 4) is 0 Å². The molecule has 15 heavy (non-hydrogen) atoms. The van der Waals surface area contributed by atoms with Crippen molar-refractivity contribution < 1.29 is 0 Å². The summed E-state index contributed by atoms with van der Waals surface area (Å²) in [5, 5.41) is 1.25. The van der Waals surface area contributed by atoms with Crippen LogP contribution in [0.1, 0.15) is 5.56 Å². The first kappa shape index (κ1) is 11.1. The molecule has 0 aliphatic heterocycles. The zero-order valence-electron chi connectivity index (χ0n) is 8.30. The number of hydrogen-bond acceptors (Lipinski definition) is 5. The molecule has 82 valence electrons. The maximum absolute atomic E-state index is 11.3. The minimum absolute atomic E-state index is 0.178. The average Bonchev–Trinajstić information content (AvgIpc) is 2.14. The molecule has 0 saturated heterocycles. The first-order chi connectivity index (χ1) is 7.04. The molecule has 0 atom stereocenters. The highest BCUT2D eigenvalue weighted by Gasteiger charge is 2.03. The highest BCUT2D eigenvalue weighted by molar-refractivity contribution is 5.04. The standard InChI is InChI=1S/C8H13N5O2/c1-12-4-6(5-13(10)3-2-9)7(14)11-8(12)15/h2-4H,5,9-10H2,1H3,(H,11,14,15)/b3-2-. The van der Waals surface area contributed by atoms with Crippen LogP contribution in [0.3, 0.4) is 0 Å². The fraction of sp³-hybridized carbons (Fsp3) is 0.250. The van der Waals surface area contributed by atoms with Crippen molar-refractivity contribution in [2.45, 2.75) is 6.54 Å². The Kier molecular flexibility index (Phi) is 3.29. The number of rotatable bonds is 3. The van der Waals surface area contributed by atoms with Gasteiger partial charge in [0.05, 0.1) is 12.1 Å². The number of H-pyrrole nitrogens is 1. The van der Waals surface area contributed by atoms with Gasteiger partial charge in [0.1, 0.15) is 0 Å². The van der Waals surface area contributed by atoms with E-state index in [1.165, 1.54) is 28.2 Å². The van der Waals surface area contributed by atoms with E-state index in [2.05, 4.69) is 4.98 Å². The minimum atomic E-state index is -0.457. The number of nitrogens with zero attached hydrogens (tertiary/aromatic N) is 2. The zero-order chi connectivity index (χ0) is 11.4. The molecular formula is C8H13N5O2. The van der Waals surface area contributed by atoms with Crippen LogP contribution in [0.15, 0.2) is 28.2 Å². The van der Waals surface area contributed by atoms with Crippen LogP contribution < -0.4 is 22.8 Å². The maximum Gasteiger partial charge on any atom is 0.328 e. The van der Waals surface area contributed by atoms with Crippen molar-refractivity contribution in [2.24, 2.45) is 18.6 Å². The van der Waals surface area contributed by atoms with E-state index in [1.54, 1.807) is 7.05 Å². The topological polar surface area (TPSA) is 110 Å². The van der Waals surface area contributed by atoms with Crippen LogP contribution >= 0.6 is 0 Å². The van der Waals surface area contributed by atoms with E-state index in [0.29, 0.717) is 5.56 Å². The Bertz CT molecular complexity index is 473. The molecule has 0 aliphatic rings. The van der Waals surface area contributed by atoms with Crippen LogP contribution in [-0.4, -0.2) is 14.6 Å². The molecule has 7 heteroatoms. The number of nitrogens with two attached hydrogens (primary N) is 2. The van der Waals surface area contributed by atoms with E-state index >= 15 is 0 Å². The van der Waals surface area contributed by atoms with Gasteiger partial charge in [-0.2, -0.15) is 0 Å². The van der Waals surface area contributed by atoms with Crippen molar-refractivity contribution in [2.75, 3.05) is 0 Å². The zero-order valence-corrected chi connectivity index (χ0v) is 8.30. The van der Waals surface area contributed by atoms with Crippen LogP contribution in [0, 0.1) is 0 Å². The second kappa shape index (κ2) is 4.47. The number of aryl methyl sites for hydroxylation is 1. The lowest BCUT2D eigenvalue weighted by Crippen LogP contribution is -2.34. The van der Waals surface area contributed by atoms with Gasteiger partial charge in [-0.3, -0.25) is 9.78 Å². The van der Waals surface area contributed by atoms with Gasteiger partial charge in [0, 0.05) is 25.6 Å². The third kappa shape index (κ3) is 2.71. The van der Waals surface area contributed by atoms with E-state index in [4.69, 9.17) is 11.6 Å². The van der Waals surface area contributed by atoms with Crippen molar-refractivity contribution >= 4 is 0 Å². The first-order valence-corrected chi connectivity index (χ1v) is 4.23. The molecule has 0 radical (unpaired) electrons. The Morgan fingerprint density at radius 1 is 1.60 bits per heavy atom.